The summed E-state index contributed by atoms with van der Waals surface area (Å²) in [4.78, 5) is 29.8. The average Bonchev–Trinajstić information content (AvgIpc) is 3.16. The fourth-order valence-electron chi connectivity index (χ4n) is 2.67. The molecule has 5 nitrogen and oxygen atoms in total. The van der Waals surface area contributed by atoms with Crippen molar-refractivity contribution in [3.05, 3.63) is 57.5 Å². The van der Waals surface area contributed by atoms with Gasteiger partial charge >= 0.3 is 0 Å². The minimum atomic E-state index is -0.0819. The fraction of sp³-hybridized carbons (Fsp3) is 0.278. The summed E-state index contributed by atoms with van der Waals surface area (Å²) in [6, 6.07) is 3.74. The van der Waals surface area contributed by atoms with E-state index in [-0.39, 0.29) is 17.1 Å². The molecule has 0 saturated heterocycles. The predicted molar refractivity (Wildman–Crippen MR) is 104 cm³/mol. The molecule has 0 aliphatic heterocycles. The standard InChI is InChI=1S/C18H19N3O2S2/c1-5-7-21-17(23)16-14(6-8-24-16)19-18(21)25-10-15(22)13-9-11(2)20(4)12(13)3/h5-6,8-9H,1,7,10H2,2-4H3. The van der Waals surface area contributed by atoms with Crippen molar-refractivity contribution in [2.24, 2.45) is 7.05 Å². The number of aromatic nitrogens is 3. The van der Waals surface area contributed by atoms with Crippen molar-refractivity contribution >= 4 is 39.1 Å². The second kappa shape index (κ2) is 7.01. The lowest BCUT2D eigenvalue weighted by molar-refractivity contribution is 0.102. The van der Waals surface area contributed by atoms with Crippen LogP contribution < -0.4 is 5.56 Å². The second-order valence-electron chi connectivity index (χ2n) is 5.79. The Morgan fingerprint density at radius 1 is 1.44 bits per heavy atom. The number of thiophene rings is 1. The molecule has 0 radical (unpaired) electrons. The Morgan fingerprint density at radius 2 is 2.20 bits per heavy atom. The van der Waals surface area contributed by atoms with E-state index in [0.29, 0.717) is 21.9 Å². The molecule has 3 rings (SSSR count). The summed E-state index contributed by atoms with van der Waals surface area (Å²) in [5.41, 5.74) is 3.32. The number of hydrogen-bond donors (Lipinski definition) is 0. The average molecular weight is 374 g/mol. The molecule has 0 aromatic carbocycles. The molecule has 25 heavy (non-hydrogen) atoms. The Balaban J connectivity index is 1.91. The summed E-state index contributed by atoms with van der Waals surface area (Å²) in [5, 5.41) is 2.40. The van der Waals surface area contributed by atoms with Crippen LogP contribution in [-0.2, 0) is 13.6 Å². The summed E-state index contributed by atoms with van der Waals surface area (Å²) in [5.74, 6) is 0.278. The van der Waals surface area contributed by atoms with Crippen molar-refractivity contribution in [3.63, 3.8) is 0 Å². The number of nitrogens with zero attached hydrogens (tertiary/aromatic N) is 3. The minimum absolute atomic E-state index is 0.0380. The lowest BCUT2D eigenvalue weighted by atomic mass is 10.2. The van der Waals surface area contributed by atoms with Gasteiger partial charge in [0.2, 0.25) is 0 Å². The molecule has 0 N–H and O–H groups in total. The summed E-state index contributed by atoms with van der Waals surface area (Å²) >= 11 is 2.68. The van der Waals surface area contributed by atoms with Gasteiger partial charge in [0.15, 0.2) is 10.9 Å². The van der Waals surface area contributed by atoms with Crippen molar-refractivity contribution in [2.45, 2.75) is 25.5 Å². The van der Waals surface area contributed by atoms with Gasteiger partial charge in [-0.25, -0.2) is 4.98 Å². The zero-order chi connectivity index (χ0) is 18.1. The van der Waals surface area contributed by atoms with E-state index < -0.39 is 0 Å². The van der Waals surface area contributed by atoms with E-state index in [2.05, 4.69) is 11.6 Å². The molecule has 0 aliphatic carbocycles. The maximum Gasteiger partial charge on any atom is 0.272 e. The number of fused-ring (bicyclic) bond motifs is 1. The monoisotopic (exact) mass is 373 g/mol. The minimum Gasteiger partial charge on any atom is -0.351 e. The van der Waals surface area contributed by atoms with Crippen LogP contribution in [0.4, 0.5) is 0 Å². The van der Waals surface area contributed by atoms with Crippen LogP contribution >= 0.6 is 23.1 Å². The van der Waals surface area contributed by atoms with Crippen LogP contribution in [0.5, 0.6) is 0 Å². The topological polar surface area (TPSA) is 56.9 Å². The maximum absolute atomic E-state index is 12.6. The SMILES string of the molecule is C=CCn1c(SCC(=O)c2cc(C)n(C)c2C)nc2ccsc2c1=O. The molecule has 0 saturated carbocycles. The maximum atomic E-state index is 12.6. The van der Waals surface area contributed by atoms with Crippen LogP contribution in [-0.4, -0.2) is 25.7 Å². The molecule has 0 atom stereocenters. The van der Waals surface area contributed by atoms with Crippen molar-refractivity contribution in [1.29, 1.82) is 0 Å². The van der Waals surface area contributed by atoms with Gasteiger partial charge in [-0.2, -0.15) is 0 Å². The number of thioether (sulfide) groups is 1. The predicted octanol–water partition coefficient (Wildman–Crippen LogP) is 3.57. The largest absolute Gasteiger partial charge is 0.351 e. The van der Waals surface area contributed by atoms with E-state index in [4.69, 9.17) is 0 Å². The number of ketones is 1. The summed E-state index contributed by atoms with van der Waals surface area (Å²) in [7, 11) is 1.95. The first-order valence-corrected chi connectivity index (χ1v) is 9.68. The van der Waals surface area contributed by atoms with Crippen molar-refractivity contribution < 1.29 is 4.79 Å². The van der Waals surface area contributed by atoms with E-state index in [0.717, 1.165) is 17.0 Å². The van der Waals surface area contributed by atoms with Gasteiger partial charge in [0.05, 0.1) is 11.3 Å². The van der Waals surface area contributed by atoms with E-state index in [1.165, 1.54) is 23.1 Å². The van der Waals surface area contributed by atoms with E-state index in [1.807, 2.05) is 43.0 Å². The molecule has 0 fully saturated rings. The Hall–Kier alpha value is -2.12. The van der Waals surface area contributed by atoms with Crippen molar-refractivity contribution in [1.82, 2.24) is 14.1 Å². The van der Waals surface area contributed by atoms with Crippen LogP contribution in [0.1, 0.15) is 21.7 Å². The number of carbonyl (C=O) groups excluding carboxylic acids is 1. The van der Waals surface area contributed by atoms with Gasteiger partial charge < -0.3 is 4.57 Å². The Morgan fingerprint density at radius 3 is 2.84 bits per heavy atom. The van der Waals surface area contributed by atoms with Crippen molar-refractivity contribution in [3.8, 4) is 0 Å². The smallest absolute Gasteiger partial charge is 0.272 e. The molecule has 0 bridgehead atoms. The Labute approximate surface area is 154 Å². The second-order valence-corrected chi connectivity index (χ2v) is 7.65. The molecule has 130 valence electrons. The molecule has 3 aromatic heterocycles. The van der Waals surface area contributed by atoms with E-state index in [9.17, 15) is 9.59 Å². The number of Topliss-reactive ketones (excluding diaryl/α,β-unsaturated/α-hetero) is 1. The zero-order valence-electron chi connectivity index (χ0n) is 14.4. The Bertz CT molecular complexity index is 1030. The third kappa shape index (κ3) is 3.21. The van der Waals surface area contributed by atoms with Gasteiger partial charge in [-0.1, -0.05) is 17.8 Å². The first kappa shape index (κ1) is 17.7. The van der Waals surface area contributed by atoms with Crippen LogP contribution in [0.3, 0.4) is 0 Å². The fourth-order valence-corrected chi connectivity index (χ4v) is 4.34. The molecule has 0 amide bonds. The molecular formula is C18H19N3O2S2. The summed E-state index contributed by atoms with van der Waals surface area (Å²) in [6.07, 6.45) is 1.67. The first-order valence-electron chi connectivity index (χ1n) is 7.82. The zero-order valence-corrected chi connectivity index (χ0v) is 16.0. The van der Waals surface area contributed by atoms with E-state index >= 15 is 0 Å². The highest BCUT2D eigenvalue weighted by Crippen LogP contribution is 2.23. The number of aryl methyl sites for hydroxylation is 1. The van der Waals surface area contributed by atoms with E-state index in [1.54, 1.807) is 10.6 Å². The number of rotatable bonds is 6. The highest BCUT2D eigenvalue weighted by molar-refractivity contribution is 7.99. The molecule has 7 heteroatoms. The number of allylic oxidation sites excluding steroid dienone is 1. The third-order valence-electron chi connectivity index (χ3n) is 4.25. The lowest BCUT2D eigenvalue weighted by Crippen LogP contribution is -2.22. The molecule has 0 spiro atoms. The van der Waals surface area contributed by atoms with Crippen LogP contribution in [0.15, 0.2) is 40.1 Å². The van der Waals surface area contributed by atoms with Crippen molar-refractivity contribution in [2.75, 3.05) is 5.75 Å². The van der Waals surface area contributed by atoms with Gasteiger partial charge in [0, 0.05) is 30.5 Å². The summed E-state index contributed by atoms with van der Waals surface area (Å²) < 4.78 is 4.21. The lowest BCUT2D eigenvalue weighted by Gasteiger charge is -2.09. The highest BCUT2D eigenvalue weighted by Gasteiger charge is 2.17. The van der Waals surface area contributed by atoms with Gasteiger partial charge in [-0.3, -0.25) is 14.2 Å². The van der Waals surface area contributed by atoms with Gasteiger partial charge in [0.25, 0.3) is 5.56 Å². The molecule has 0 unspecified atom stereocenters. The summed E-state index contributed by atoms with van der Waals surface area (Å²) in [6.45, 7) is 8.00. The van der Waals surface area contributed by atoms with Crippen LogP contribution in [0.2, 0.25) is 0 Å². The first-order chi connectivity index (χ1) is 11.9. The van der Waals surface area contributed by atoms with Gasteiger partial charge in [0.1, 0.15) is 4.70 Å². The number of hydrogen-bond acceptors (Lipinski definition) is 5. The normalized spacial score (nSPS) is 11.2. The van der Waals surface area contributed by atoms with Crippen LogP contribution in [0, 0.1) is 13.8 Å². The quantitative estimate of drug-likeness (QED) is 0.287. The van der Waals surface area contributed by atoms with Gasteiger partial charge in [-0.05, 0) is 31.4 Å². The molecule has 0 aliphatic rings. The molecule has 3 aromatic rings. The van der Waals surface area contributed by atoms with Crippen LogP contribution in [0.25, 0.3) is 10.2 Å². The third-order valence-corrected chi connectivity index (χ3v) is 6.12. The highest BCUT2D eigenvalue weighted by atomic mass is 32.2. The number of carbonyl (C=O) groups is 1. The Kier molecular flexibility index (Phi) is 4.96. The molecular weight excluding hydrogens is 354 g/mol. The molecule has 3 heterocycles. The van der Waals surface area contributed by atoms with Gasteiger partial charge in [-0.15, -0.1) is 17.9 Å².